The van der Waals surface area contributed by atoms with Crippen LogP contribution in [-0.4, -0.2) is 0 Å². The average molecular weight is 633 g/mol. The lowest BCUT2D eigenvalue weighted by Gasteiger charge is -2.17. The highest BCUT2D eigenvalue weighted by atomic mass is 14.1. The summed E-state index contributed by atoms with van der Waals surface area (Å²) in [6, 6.07) is 0. The van der Waals surface area contributed by atoms with E-state index in [4.69, 9.17) is 0 Å². The second-order valence-corrected chi connectivity index (χ2v) is 15.4. The lowest BCUT2D eigenvalue weighted by Crippen LogP contribution is -2.05. The first kappa shape index (κ1) is 62.8. The maximum absolute atomic E-state index is 2.38. The third-order valence-corrected chi connectivity index (χ3v) is 8.11. The van der Waals surface area contributed by atoms with Crippen LogP contribution in [-0.2, 0) is 0 Å². The second kappa shape index (κ2) is 47.4. The Hall–Kier alpha value is 0. The molecule has 0 aromatic carbocycles. The Morgan fingerprint density at radius 1 is 0.295 bits per heavy atom. The van der Waals surface area contributed by atoms with Gasteiger partial charge in [0.25, 0.3) is 0 Å². The van der Waals surface area contributed by atoms with Crippen molar-refractivity contribution in [1.29, 1.82) is 0 Å². The Bertz CT molecular complexity index is 418. The van der Waals surface area contributed by atoms with Crippen molar-refractivity contribution in [3.8, 4) is 0 Å². The Morgan fingerprint density at radius 2 is 0.682 bits per heavy atom. The van der Waals surface area contributed by atoms with Crippen LogP contribution in [0.25, 0.3) is 0 Å². The largest absolute Gasteiger partial charge is 0.0776 e. The Balaban J connectivity index is -0.0000000637. The number of rotatable bonds is 20. The standard InChI is InChI=1S/C11H24.2C10H22.C9H20.4CH4/c1-6-10(4)8-11(5)7-9(2)3;1-5-10(4)8-6-7-9(2)3;1-5-6-7-10(4)8-9(2)3;1-4-5-6-7-8-9(2)3;;;;/h9-11H,6-8H2,1-5H3;2*9-10H,5-8H2,1-4H3;9H,4-8H2,1-3H3;4*1H4. The number of unbranched alkanes of at least 4 members (excludes halogenated alkanes) is 4. The molecule has 0 aromatic heterocycles. The van der Waals surface area contributed by atoms with Crippen molar-refractivity contribution in [2.45, 2.75) is 243 Å². The fourth-order valence-corrected chi connectivity index (χ4v) is 5.29. The molecule has 0 fully saturated rings. The zero-order chi connectivity index (χ0) is 31.9. The predicted octanol–water partition coefficient (Wildman–Crippen LogP) is 18.0. The maximum Gasteiger partial charge on any atom is -0.0438 e. The molecule has 0 radical (unpaired) electrons. The molecule has 4 unspecified atom stereocenters. The summed E-state index contributed by atoms with van der Waals surface area (Å²) in [5.41, 5.74) is 0. The first-order valence-electron chi connectivity index (χ1n) is 18.7. The van der Waals surface area contributed by atoms with Crippen LogP contribution in [0.1, 0.15) is 243 Å². The third kappa shape index (κ3) is 68.9. The Morgan fingerprint density at radius 3 is 1.05 bits per heavy atom. The van der Waals surface area contributed by atoms with Gasteiger partial charge in [0, 0.05) is 0 Å². The van der Waals surface area contributed by atoms with Crippen molar-refractivity contribution in [3.05, 3.63) is 0 Å². The molecule has 0 saturated carbocycles. The second-order valence-electron chi connectivity index (χ2n) is 15.4. The van der Waals surface area contributed by atoms with Crippen molar-refractivity contribution >= 4 is 0 Å². The summed E-state index contributed by atoms with van der Waals surface area (Å²) in [6.45, 7) is 37.0. The molecular formula is C44H104. The fourth-order valence-electron chi connectivity index (χ4n) is 5.29. The summed E-state index contributed by atoms with van der Waals surface area (Å²) in [5.74, 6) is 7.28. The van der Waals surface area contributed by atoms with E-state index in [1.165, 1.54) is 103 Å². The van der Waals surface area contributed by atoms with Crippen molar-refractivity contribution in [2.24, 2.45) is 47.3 Å². The van der Waals surface area contributed by atoms with Gasteiger partial charge in [0.05, 0.1) is 0 Å². The first-order chi connectivity index (χ1) is 18.7. The molecule has 0 aliphatic heterocycles. The summed E-state index contributed by atoms with van der Waals surface area (Å²) in [6.07, 6.45) is 22.4. The highest BCUT2D eigenvalue weighted by Gasteiger charge is 2.08. The molecule has 0 nitrogen and oxygen atoms in total. The van der Waals surface area contributed by atoms with E-state index in [0.717, 1.165) is 47.3 Å². The SMILES string of the molecule is C.C.C.C.CCC(C)CC(C)CC(C)C.CCC(C)CCCC(C)C.CCCCC(C)CC(C)C.CCCCCCC(C)C. The minimum absolute atomic E-state index is 0. The number of hydrogen-bond donors (Lipinski definition) is 0. The van der Waals surface area contributed by atoms with E-state index in [1.807, 2.05) is 0 Å². The van der Waals surface area contributed by atoms with Gasteiger partial charge in [0.2, 0.25) is 0 Å². The molecule has 0 bridgehead atoms. The Labute approximate surface area is 289 Å². The molecule has 0 aliphatic carbocycles. The van der Waals surface area contributed by atoms with Crippen LogP contribution in [0.15, 0.2) is 0 Å². The zero-order valence-corrected chi connectivity index (χ0v) is 31.9. The van der Waals surface area contributed by atoms with E-state index >= 15 is 0 Å². The van der Waals surface area contributed by atoms with E-state index in [-0.39, 0.29) is 29.7 Å². The molecule has 0 saturated heterocycles. The minimum atomic E-state index is 0. The molecule has 4 atom stereocenters. The Kier molecular flexibility index (Phi) is 67.6. The zero-order valence-electron chi connectivity index (χ0n) is 31.9. The van der Waals surface area contributed by atoms with Crippen LogP contribution < -0.4 is 0 Å². The van der Waals surface area contributed by atoms with Crippen molar-refractivity contribution in [1.82, 2.24) is 0 Å². The molecule has 0 spiro atoms. The van der Waals surface area contributed by atoms with Gasteiger partial charge in [-0.3, -0.25) is 0 Å². The van der Waals surface area contributed by atoms with Gasteiger partial charge in [0.1, 0.15) is 0 Å². The lowest BCUT2D eigenvalue weighted by molar-refractivity contribution is 0.350. The lowest BCUT2D eigenvalue weighted by atomic mass is 9.89. The van der Waals surface area contributed by atoms with Gasteiger partial charge in [-0.25, -0.2) is 0 Å². The van der Waals surface area contributed by atoms with Crippen LogP contribution in [0, 0.1) is 47.3 Å². The van der Waals surface area contributed by atoms with Crippen molar-refractivity contribution in [2.75, 3.05) is 0 Å². The van der Waals surface area contributed by atoms with E-state index < -0.39 is 0 Å². The van der Waals surface area contributed by atoms with E-state index in [2.05, 4.69) is 111 Å². The van der Waals surface area contributed by atoms with Gasteiger partial charge in [-0.2, -0.15) is 0 Å². The summed E-state index contributed by atoms with van der Waals surface area (Å²) in [5, 5.41) is 0. The fraction of sp³-hybridized carbons (Fsp3) is 1.00. The smallest absolute Gasteiger partial charge is 0.0438 e. The average Bonchev–Trinajstić information content (AvgIpc) is 2.85. The number of hydrogen-bond acceptors (Lipinski definition) is 0. The third-order valence-electron chi connectivity index (χ3n) is 8.11. The molecule has 0 N–H and O–H groups in total. The molecule has 44 heavy (non-hydrogen) atoms. The predicted molar refractivity (Wildman–Crippen MR) is 219 cm³/mol. The van der Waals surface area contributed by atoms with Crippen LogP contribution in [0.5, 0.6) is 0 Å². The summed E-state index contributed by atoms with van der Waals surface area (Å²) < 4.78 is 0. The van der Waals surface area contributed by atoms with E-state index in [0.29, 0.717) is 0 Å². The van der Waals surface area contributed by atoms with Gasteiger partial charge >= 0.3 is 0 Å². The molecule has 280 valence electrons. The first-order valence-corrected chi connectivity index (χ1v) is 18.7. The van der Waals surface area contributed by atoms with E-state index in [1.54, 1.807) is 0 Å². The van der Waals surface area contributed by atoms with Crippen LogP contribution >= 0.6 is 0 Å². The quantitative estimate of drug-likeness (QED) is 0.117. The van der Waals surface area contributed by atoms with Crippen molar-refractivity contribution in [3.63, 3.8) is 0 Å². The molecule has 0 amide bonds. The van der Waals surface area contributed by atoms with E-state index in [9.17, 15) is 0 Å². The van der Waals surface area contributed by atoms with Gasteiger partial charge in [0.15, 0.2) is 0 Å². The monoisotopic (exact) mass is 633 g/mol. The topological polar surface area (TPSA) is 0 Å². The molecule has 0 heterocycles. The van der Waals surface area contributed by atoms with Crippen molar-refractivity contribution < 1.29 is 0 Å². The highest BCUT2D eigenvalue weighted by molar-refractivity contribution is 4.60. The summed E-state index contributed by atoms with van der Waals surface area (Å²) in [7, 11) is 0. The van der Waals surface area contributed by atoms with Crippen LogP contribution in [0.2, 0.25) is 0 Å². The summed E-state index contributed by atoms with van der Waals surface area (Å²) >= 11 is 0. The van der Waals surface area contributed by atoms with Gasteiger partial charge < -0.3 is 0 Å². The minimum Gasteiger partial charge on any atom is -0.0776 e. The highest BCUT2D eigenvalue weighted by Crippen LogP contribution is 2.21. The maximum atomic E-state index is 2.38. The molecular weight excluding hydrogens is 528 g/mol. The van der Waals surface area contributed by atoms with Crippen LogP contribution in [0.3, 0.4) is 0 Å². The van der Waals surface area contributed by atoms with Gasteiger partial charge in [-0.1, -0.05) is 224 Å². The molecule has 0 aliphatic rings. The molecule has 0 rings (SSSR count). The summed E-state index contributed by atoms with van der Waals surface area (Å²) in [4.78, 5) is 0. The van der Waals surface area contributed by atoms with Gasteiger partial charge in [-0.15, -0.1) is 0 Å². The van der Waals surface area contributed by atoms with Crippen LogP contribution in [0.4, 0.5) is 0 Å². The molecule has 0 aromatic rings. The normalized spacial score (nSPS) is 12.8. The molecule has 0 heteroatoms. The van der Waals surface area contributed by atoms with Gasteiger partial charge in [-0.05, 0) is 66.6 Å².